The normalized spacial score (nSPS) is 18.0. The number of hydrogen-bond donors (Lipinski definition) is 2. The number of carbonyl (C=O) groups excluding carboxylic acids is 2. The molecule has 2 N–H and O–H groups in total. The molecule has 0 bridgehead atoms. The summed E-state index contributed by atoms with van der Waals surface area (Å²) in [7, 11) is 0. The zero-order chi connectivity index (χ0) is 16.1. The highest BCUT2D eigenvalue weighted by atomic mass is 35.5. The number of nitrogens with zero attached hydrogens (tertiary/aromatic N) is 1. The number of hydrogen-bond acceptors (Lipinski definition) is 3. The fourth-order valence-corrected chi connectivity index (χ4v) is 3.06. The van der Waals surface area contributed by atoms with Crippen molar-refractivity contribution in [3.05, 3.63) is 28.2 Å². The van der Waals surface area contributed by atoms with Gasteiger partial charge in [-0.15, -0.1) is 0 Å². The van der Waals surface area contributed by atoms with E-state index in [2.05, 4.69) is 15.5 Å². The highest BCUT2D eigenvalue weighted by molar-refractivity contribution is 6.36. The van der Waals surface area contributed by atoms with E-state index in [0.29, 0.717) is 16.6 Å². The summed E-state index contributed by atoms with van der Waals surface area (Å²) in [6.07, 6.45) is 1.87. The summed E-state index contributed by atoms with van der Waals surface area (Å²) in [5.41, 5.74) is 0.923. The summed E-state index contributed by atoms with van der Waals surface area (Å²) in [4.78, 5) is 24.7. The maximum Gasteiger partial charge on any atom is 0.239 e. The Morgan fingerprint density at radius 1 is 1.36 bits per heavy atom. The van der Waals surface area contributed by atoms with Crippen LogP contribution < -0.4 is 15.5 Å². The lowest BCUT2D eigenvalue weighted by atomic mass is 10.0. The number of amides is 2. The van der Waals surface area contributed by atoms with Crippen molar-refractivity contribution in [1.82, 2.24) is 10.6 Å². The van der Waals surface area contributed by atoms with Crippen LogP contribution in [0.3, 0.4) is 0 Å². The molecule has 22 heavy (non-hydrogen) atoms. The number of piperidine rings is 1. The molecule has 0 radical (unpaired) electrons. The van der Waals surface area contributed by atoms with Crippen LogP contribution in [-0.4, -0.2) is 37.5 Å². The quantitative estimate of drug-likeness (QED) is 0.880. The largest absolute Gasteiger partial charge is 0.368 e. The average molecular weight is 344 g/mol. The zero-order valence-electron chi connectivity index (χ0n) is 12.4. The van der Waals surface area contributed by atoms with Crippen LogP contribution in [0.15, 0.2) is 18.2 Å². The standard InChI is InChI=1S/C15H19Cl2N3O2/c1-10(21)18-8-15(22)19-12-3-2-6-20(9-12)14-5-4-11(16)7-13(14)17/h4-5,7,12H,2-3,6,8-9H2,1H3,(H,18,21)(H,19,22). The van der Waals surface area contributed by atoms with E-state index >= 15 is 0 Å². The van der Waals surface area contributed by atoms with Gasteiger partial charge in [0.2, 0.25) is 11.8 Å². The van der Waals surface area contributed by atoms with Gasteiger partial charge in [0.05, 0.1) is 17.3 Å². The van der Waals surface area contributed by atoms with Crippen molar-refractivity contribution < 1.29 is 9.59 Å². The molecule has 1 saturated heterocycles. The minimum absolute atomic E-state index is 0.00747. The lowest BCUT2D eigenvalue weighted by molar-refractivity contribution is -0.125. The van der Waals surface area contributed by atoms with Crippen LogP contribution in [0, 0.1) is 0 Å². The third kappa shape index (κ3) is 4.78. The summed E-state index contributed by atoms with van der Waals surface area (Å²) in [6, 6.07) is 5.47. The molecule has 5 nitrogen and oxygen atoms in total. The van der Waals surface area contributed by atoms with E-state index in [9.17, 15) is 9.59 Å². The van der Waals surface area contributed by atoms with E-state index in [1.807, 2.05) is 12.1 Å². The van der Waals surface area contributed by atoms with Gasteiger partial charge in [-0.3, -0.25) is 9.59 Å². The maximum atomic E-state index is 11.8. The highest BCUT2D eigenvalue weighted by Crippen LogP contribution is 2.30. The number of halogens is 2. The lowest BCUT2D eigenvalue weighted by Gasteiger charge is -2.35. The fourth-order valence-electron chi connectivity index (χ4n) is 2.53. The van der Waals surface area contributed by atoms with Crippen molar-refractivity contribution in [1.29, 1.82) is 0 Å². The van der Waals surface area contributed by atoms with Gasteiger partial charge in [0.1, 0.15) is 0 Å². The van der Waals surface area contributed by atoms with Gasteiger partial charge in [0, 0.05) is 31.1 Å². The van der Waals surface area contributed by atoms with Crippen LogP contribution in [0.5, 0.6) is 0 Å². The highest BCUT2D eigenvalue weighted by Gasteiger charge is 2.22. The second-order valence-corrected chi connectivity index (χ2v) is 6.20. The van der Waals surface area contributed by atoms with Crippen molar-refractivity contribution in [2.45, 2.75) is 25.8 Å². The molecule has 120 valence electrons. The Labute approximate surface area is 139 Å². The lowest BCUT2D eigenvalue weighted by Crippen LogP contribution is -2.50. The molecule has 1 unspecified atom stereocenters. The van der Waals surface area contributed by atoms with Crippen molar-refractivity contribution in [2.24, 2.45) is 0 Å². The first-order chi connectivity index (χ1) is 10.5. The molecular weight excluding hydrogens is 325 g/mol. The summed E-state index contributed by atoms with van der Waals surface area (Å²) in [5, 5.41) is 6.64. The first kappa shape index (κ1) is 16.9. The smallest absolute Gasteiger partial charge is 0.239 e. The van der Waals surface area contributed by atoms with Crippen LogP contribution in [0.1, 0.15) is 19.8 Å². The molecule has 1 fully saturated rings. The van der Waals surface area contributed by atoms with Gasteiger partial charge in [-0.25, -0.2) is 0 Å². The molecule has 1 aromatic rings. The summed E-state index contributed by atoms with van der Waals surface area (Å²) in [6.45, 7) is 2.97. The Morgan fingerprint density at radius 2 is 2.14 bits per heavy atom. The molecule has 0 saturated carbocycles. The van der Waals surface area contributed by atoms with Crippen molar-refractivity contribution in [2.75, 3.05) is 24.5 Å². The average Bonchev–Trinajstić information content (AvgIpc) is 2.45. The summed E-state index contributed by atoms with van der Waals surface area (Å²) in [5.74, 6) is -0.391. The summed E-state index contributed by atoms with van der Waals surface area (Å²) < 4.78 is 0. The number of nitrogens with one attached hydrogen (secondary N) is 2. The Balaban J connectivity index is 1.94. The van der Waals surface area contributed by atoms with Crippen LogP contribution in [0.4, 0.5) is 5.69 Å². The first-order valence-electron chi connectivity index (χ1n) is 7.19. The molecule has 1 aliphatic heterocycles. The van der Waals surface area contributed by atoms with Crippen molar-refractivity contribution >= 4 is 40.7 Å². The zero-order valence-corrected chi connectivity index (χ0v) is 13.9. The summed E-state index contributed by atoms with van der Waals surface area (Å²) >= 11 is 12.2. The first-order valence-corrected chi connectivity index (χ1v) is 7.95. The molecule has 1 atom stereocenters. The van der Waals surface area contributed by atoms with Crippen LogP contribution in [-0.2, 0) is 9.59 Å². The molecule has 2 rings (SSSR count). The Bertz CT molecular complexity index is 566. The van der Waals surface area contributed by atoms with Gasteiger partial charge in [-0.05, 0) is 31.0 Å². The Kier molecular flexibility index (Phi) is 5.91. The molecule has 1 aliphatic rings. The van der Waals surface area contributed by atoms with Crippen LogP contribution in [0.2, 0.25) is 10.0 Å². The van der Waals surface area contributed by atoms with E-state index in [1.165, 1.54) is 6.92 Å². The number of carbonyl (C=O) groups is 2. The van der Waals surface area contributed by atoms with E-state index in [0.717, 1.165) is 25.1 Å². The third-order valence-electron chi connectivity index (χ3n) is 3.53. The SMILES string of the molecule is CC(=O)NCC(=O)NC1CCCN(c2ccc(Cl)cc2Cl)C1. The Hall–Kier alpha value is -1.46. The monoisotopic (exact) mass is 343 g/mol. The minimum Gasteiger partial charge on any atom is -0.368 e. The second kappa shape index (κ2) is 7.70. The maximum absolute atomic E-state index is 11.8. The molecule has 0 aromatic heterocycles. The van der Waals surface area contributed by atoms with Crippen molar-refractivity contribution in [3.8, 4) is 0 Å². The van der Waals surface area contributed by atoms with Gasteiger partial charge < -0.3 is 15.5 Å². The van der Waals surface area contributed by atoms with Gasteiger partial charge in [0.15, 0.2) is 0 Å². The van der Waals surface area contributed by atoms with E-state index in [4.69, 9.17) is 23.2 Å². The number of anilines is 1. The van der Waals surface area contributed by atoms with Crippen LogP contribution in [0.25, 0.3) is 0 Å². The molecule has 2 amide bonds. The molecule has 1 heterocycles. The van der Waals surface area contributed by atoms with Gasteiger partial charge in [-0.1, -0.05) is 23.2 Å². The molecular formula is C15H19Cl2N3O2. The number of rotatable bonds is 4. The topological polar surface area (TPSA) is 61.4 Å². The molecule has 1 aromatic carbocycles. The molecule has 0 spiro atoms. The molecule has 7 heteroatoms. The van der Waals surface area contributed by atoms with Gasteiger partial charge in [-0.2, -0.15) is 0 Å². The minimum atomic E-state index is -0.214. The van der Waals surface area contributed by atoms with E-state index in [1.54, 1.807) is 6.07 Å². The second-order valence-electron chi connectivity index (χ2n) is 5.36. The predicted molar refractivity (Wildman–Crippen MR) is 88.5 cm³/mol. The van der Waals surface area contributed by atoms with E-state index < -0.39 is 0 Å². The van der Waals surface area contributed by atoms with E-state index in [-0.39, 0.29) is 24.4 Å². The van der Waals surface area contributed by atoms with Crippen LogP contribution >= 0.6 is 23.2 Å². The third-order valence-corrected chi connectivity index (χ3v) is 4.07. The predicted octanol–water partition coefficient (Wildman–Crippen LogP) is 2.21. The Morgan fingerprint density at radius 3 is 2.82 bits per heavy atom. The number of benzene rings is 1. The fraction of sp³-hybridized carbons (Fsp3) is 0.467. The van der Waals surface area contributed by atoms with Crippen molar-refractivity contribution in [3.63, 3.8) is 0 Å². The van der Waals surface area contributed by atoms with Gasteiger partial charge in [0.25, 0.3) is 0 Å². The van der Waals surface area contributed by atoms with Gasteiger partial charge >= 0.3 is 0 Å². The molecule has 0 aliphatic carbocycles.